The highest BCUT2D eigenvalue weighted by Crippen LogP contribution is 2.34. The van der Waals surface area contributed by atoms with Crippen molar-refractivity contribution in [2.24, 2.45) is 0 Å². The van der Waals surface area contributed by atoms with Crippen LogP contribution in [0.4, 0.5) is 0 Å². The Labute approximate surface area is 109 Å². The van der Waals surface area contributed by atoms with Crippen molar-refractivity contribution in [2.75, 3.05) is 12.0 Å². The molecular formula is C15H17ClP+. The number of hydrogen-bond donors (Lipinski definition) is 0. The molecule has 0 aromatic heterocycles. The van der Waals surface area contributed by atoms with Crippen LogP contribution in [-0.2, 0) is 0 Å². The summed E-state index contributed by atoms with van der Waals surface area (Å²) in [6, 6.07) is 21.7. The smallest absolute Gasteiger partial charge is 0.0966 e. The quantitative estimate of drug-likeness (QED) is 0.572. The summed E-state index contributed by atoms with van der Waals surface area (Å²) in [5.74, 6) is 0.758. The van der Waals surface area contributed by atoms with Gasteiger partial charge >= 0.3 is 0 Å². The van der Waals surface area contributed by atoms with Crippen LogP contribution in [0.15, 0.2) is 60.7 Å². The lowest BCUT2D eigenvalue weighted by molar-refractivity contribution is 1.11. The van der Waals surface area contributed by atoms with Crippen molar-refractivity contribution in [1.29, 1.82) is 0 Å². The van der Waals surface area contributed by atoms with Crippen molar-refractivity contribution in [3.05, 3.63) is 60.7 Å². The first-order chi connectivity index (χ1) is 8.42. The first kappa shape index (κ1) is 12.6. The van der Waals surface area contributed by atoms with Gasteiger partial charge in [0, 0.05) is 5.88 Å². The molecule has 0 amide bonds. The summed E-state index contributed by atoms with van der Waals surface area (Å²) >= 11 is 5.84. The van der Waals surface area contributed by atoms with E-state index < -0.39 is 7.92 Å². The Kier molecular flexibility index (Phi) is 5.04. The SMILES string of the molecule is ClCCC[PH+](c1ccccc1)c1ccccc1. The lowest BCUT2D eigenvalue weighted by atomic mass is 10.4. The zero-order chi connectivity index (χ0) is 11.9. The number of halogens is 1. The van der Waals surface area contributed by atoms with E-state index in [0.717, 1.165) is 12.3 Å². The van der Waals surface area contributed by atoms with Crippen LogP contribution >= 0.6 is 19.5 Å². The number of hydrogen-bond acceptors (Lipinski definition) is 0. The zero-order valence-corrected chi connectivity index (χ0v) is 11.5. The van der Waals surface area contributed by atoms with Gasteiger partial charge in [-0.3, -0.25) is 0 Å². The van der Waals surface area contributed by atoms with Gasteiger partial charge in [0.05, 0.1) is 24.7 Å². The Hall–Kier alpha value is -0.840. The topological polar surface area (TPSA) is 0 Å². The lowest BCUT2D eigenvalue weighted by Crippen LogP contribution is -2.13. The van der Waals surface area contributed by atoms with E-state index in [2.05, 4.69) is 60.7 Å². The van der Waals surface area contributed by atoms with Crippen LogP contribution in [0.2, 0.25) is 0 Å². The molecule has 0 fully saturated rings. The molecule has 0 aliphatic rings. The summed E-state index contributed by atoms with van der Waals surface area (Å²) in [5.41, 5.74) is 0. The molecule has 0 saturated carbocycles. The van der Waals surface area contributed by atoms with Crippen LogP contribution in [-0.4, -0.2) is 12.0 Å². The minimum Gasteiger partial charge on any atom is -0.127 e. The Bertz CT molecular complexity index is 388. The van der Waals surface area contributed by atoms with Gasteiger partial charge in [0.15, 0.2) is 0 Å². The summed E-state index contributed by atoms with van der Waals surface area (Å²) in [6.45, 7) is 0. The summed E-state index contributed by atoms with van der Waals surface area (Å²) in [6.07, 6.45) is 2.31. The second kappa shape index (κ2) is 6.79. The minimum absolute atomic E-state index is 0.647. The van der Waals surface area contributed by atoms with Gasteiger partial charge in [-0.2, -0.15) is 0 Å². The van der Waals surface area contributed by atoms with E-state index >= 15 is 0 Å². The van der Waals surface area contributed by atoms with Gasteiger partial charge in [0.2, 0.25) is 0 Å². The van der Waals surface area contributed by atoms with Crippen molar-refractivity contribution in [1.82, 2.24) is 0 Å². The van der Waals surface area contributed by atoms with Crippen molar-refractivity contribution in [3.63, 3.8) is 0 Å². The molecule has 17 heavy (non-hydrogen) atoms. The number of alkyl halides is 1. The standard InChI is InChI=1S/C15H16ClP/c16-12-7-13-17(14-8-3-1-4-9-14)15-10-5-2-6-11-15/h1-6,8-11H,7,12-13H2/p+1. The maximum absolute atomic E-state index is 5.84. The third-order valence-electron chi connectivity index (χ3n) is 2.80. The van der Waals surface area contributed by atoms with Crippen molar-refractivity contribution < 1.29 is 0 Å². The van der Waals surface area contributed by atoms with Crippen molar-refractivity contribution in [3.8, 4) is 0 Å². The average Bonchev–Trinajstić information content (AvgIpc) is 2.42. The fourth-order valence-corrected chi connectivity index (χ4v) is 4.97. The summed E-state index contributed by atoms with van der Waals surface area (Å²) < 4.78 is 0. The number of benzene rings is 2. The third kappa shape index (κ3) is 3.56. The van der Waals surface area contributed by atoms with E-state index in [4.69, 9.17) is 11.6 Å². The molecule has 0 atom stereocenters. The molecule has 0 aliphatic carbocycles. The molecule has 0 spiro atoms. The van der Waals surface area contributed by atoms with E-state index in [1.165, 1.54) is 16.8 Å². The van der Waals surface area contributed by atoms with E-state index in [9.17, 15) is 0 Å². The van der Waals surface area contributed by atoms with Crippen molar-refractivity contribution in [2.45, 2.75) is 6.42 Å². The van der Waals surface area contributed by atoms with Gasteiger partial charge < -0.3 is 0 Å². The fraction of sp³-hybridized carbons (Fsp3) is 0.200. The van der Waals surface area contributed by atoms with Gasteiger partial charge in [-0.1, -0.05) is 36.4 Å². The normalized spacial score (nSPS) is 10.7. The first-order valence-corrected chi connectivity index (χ1v) is 8.18. The predicted octanol–water partition coefficient (Wildman–Crippen LogP) is 3.48. The Balaban J connectivity index is 2.26. The molecule has 0 bridgehead atoms. The van der Waals surface area contributed by atoms with E-state index in [0.29, 0.717) is 0 Å². The molecule has 2 aromatic rings. The second-order valence-electron chi connectivity index (χ2n) is 4.00. The highest BCUT2D eigenvalue weighted by molar-refractivity contribution is 7.73. The predicted molar refractivity (Wildman–Crippen MR) is 80.7 cm³/mol. The van der Waals surface area contributed by atoms with Gasteiger partial charge in [-0.15, -0.1) is 11.6 Å². The zero-order valence-electron chi connectivity index (χ0n) is 9.77. The lowest BCUT2D eigenvalue weighted by Gasteiger charge is -2.09. The van der Waals surface area contributed by atoms with Crippen LogP contribution in [0.1, 0.15) is 6.42 Å². The molecular weight excluding hydrogens is 247 g/mol. The molecule has 0 N–H and O–H groups in total. The Morgan fingerprint density at radius 1 is 0.765 bits per heavy atom. The van der Waals surface area contributed by atoms with Crippen LogP contribution in [0.5, 0.6) is 0 Å². The minimum atomic E-state index is -0.647. The summed E-state index contributed by atoms with van der Waals surface area (Å²) in [5, 5.41) is 2.96. The molecule has 0 nitrogen and oxygen atoms in total. The molecule has 2 heteroatoms. The first-order valence-electron chi connectivity index (χ1n) is 5.94. The van der Waals surface area contributed by atoms with E-state index in [1.807, 2.05) is 0 Å². The number of rotatable bonds is 5. The van der Waals surface area contributed by atoms with Crippen LogP contribution in [0.3, 0.4) is 0 Å². The highest BCUT2D eigenvalue weighted by Gasteiger charge is 2.20. The molecule has 0 radical (unpaired) electrons. The van der Waals surface area contributed by atoms with Crippen LogP contribution in [0.25, 0.3) is 0 Å². The monoisotopic (exact) mass is 263 g/mol. The Morgan fingerprint density at radius 2 is 1.24 bits per heavy atom. The van der Waals surface area contributed by atoms with Crippen LogP contribution < -0.4 is 10.6 Å². The van der Waals surface area contributed by atoms with Gasteiger partial charge in [-0.25, -0.2) is 0 Å². The maximum atomic E-state index is 5.84. The average molecular weight is 264 g/mol. The Morgan fingerprint density at radius 3 is 1.65 bits per heavy atom. The molecule has 88 valence electrons. The molecule has 0 saturated heterocycles. The second-order valence-corrected chi connectivity index (χ2v) is 6.99. The molecule has 2 rings (SSSR count). The largest absolute Gasteiger partial charge is 0.127 e. The van der Waals surface area contributed by atoms with Gasteiger partial charge in [0.1, 0.15) is 0 Å². The molecule has 0 aliphatic heterocycles. The fourth-order valence-electron chi connectivity index (χ4n) is 1.98. The maximum Gasteiger partial charge on any atom is 0.0966 e. The van der Waals surface area contributed by atoms with Gasteiger partial charge in [0.25, 0.3) is 0 Å². The van der Waals surface area contributed by atoms with Gasteiger partial charge in [-0.05, 0) is 30.7 Å². The molecule has 0 unspecified atom stereocenters. The van der Waals surface area contributed by atoms with E-state index in [1.54, 1.807) is 0 Å². The van der Waals surface area contributed by atoms with Crippen molar-refractivity contribution >= 4 is 30.1 Å². The summed E-state index contributed by atoms with van der Waals surface area (Å²) in [7, 11) is -0.647. The summed E-state index contributed by atoms with van der Waals surface area (Å²) in [4.78, 5) is 0. The third-order valence-corrected chi connectivity index (χ3v) is 5.99. The van der Waals surface area contributed by atoms with Crippen LogP contribution in [0, 0.1) is 0 Å². The molecule has 0 heterocycles. The van der Waals surface area contributed by atoms with E-state index in [-0.39, 0.29) is 0 Å². The molecule has 2 aromatic carbocycles. The highest BCUT2D eigenvalue weighted by atomic mass is 35.5.